The molecule has 0 aliphatic heterocycles. The molecule has 3 heteroatoms. The van der Waals surface area contributed by atoms with Gasteiger partial charge in [0.05, 0.1) is 13.2 Å². The molecule has 18 heavy (non-hydrogen) atoms. The SMILES string of the molecule is CCCOc1ccc(CCCS)cc1OCCC. The van der Waals surface area contributed by atoms with Gasteiger partial charge in [-0.05, 0) is 49.1 Å². The maximum absolute atomic E-state index is 5.76. The molecule has 0 aliphatic rings. The summed E-state index contributed by atoms with van der Waals surface area (Å²) in [7, 11) is 0. The van der Waals surface area contributed by atoms with E-state index in [1.807, 2.05) is 6.07 Å². The second-order valence-electron chi connectivity index (χ2n) is 4.31. The smallest absolute Gasteiger partial charge is 0.161 e. The molecule has 1 rings (SSSR count). The first-order chi connectivity index (χ1) is 8.81. The van der Waals surface area contributed by atoms with Gasteiger partial charge < -0.3 is 9.47 Å². The lowest BCUT2D eigenvalue weighted by Crippen LogP contribution is -2.02. The molecule has 0 saturated carbocycles. The molecule has 0 bridgehead atoms. The van der Waals surface area contributed by atoms with E-state index in [0.717, 1.165) is 56.1 Å². The van der Waals surface area contributed by atoms with E-state index in [0.29, 0.717) is 0 Å². The number of aryl methyl sites for hydroxylation is 1. The van der Waals surface area contributed by atoms with Gasteiger partial charge in [0.25, 0.3) is 0 Å². The summed E-state index contributed by atoms with van der Waals surface area (Å²) in [4.78, 5) is 0. The summed E-state index contributed by atoms with van der Waals surface area (Å²) in [6, 6.07) is 6.24. The van der Waals surface area contributed by atoms with Gasteiger partial charge in [-0.1, -0.05) is 19.9 Å². The monoisotopic (exact) mass is 268 g/mol. The summed E-state index contributed by atoms with van der Waals surface area (Å²) >= 11 is 4.24. The Hall–Kier alpha value is -0.830. The number of rotatable bonds is 9. The van der Waals surface area contributed by atoms with Crippen molar-refractivity contribution in [2.45, 2.75) is 39.5 Å². The maximum Gasteiger partial charge on any atom is 0.161 e. The molecule has 0 aromatic heterocycles. The Morgan fingerprint density at radius 1 is 1.00 bits per heavy atom. The van der Waals surface area contributed by atoms with Crippen molar-refractivity contribution in [1.29, 1.82) is 0 Å². The van der Waals surface area contributed by atoms with Gasteiger partial charge >= 0.3 is 0 Å². The molecule has 0 heterocycles. The molecule has 1 aromatic carbocycles. The van der Waals surface area contributed by atoms with Gasteiger partial charge in [0, 0.05) is 0 Å². The normalized spacial score (nSPS) is 10.4. The van der Waals surface area contributed by atoms with E-state index in [4.69, 9.17) is 9.47 Å². The predicted octanol–water partition coefficient (Wildman–Crippen LogP) is 4.13. The minimum Gasteiger partial charge on any atom is -0.490 e. The quantitative estimate of drug-likeness (QED) is 0.679. The lowest BCUT2D eigenvalue weighted by molar-refractivity contribution is 0.268. The minimum absolute atomic E-state index is 0.735. The second-order valence-corrected chi connectivity index (χ2v) is 4.75. The standard InChI is InChI=1S/C15H24O2S/c1-3-9-16-14-8-7-13(6-5-11-18)12-15(14)17-10-4-2/h7-8,12,18H,3-6,9-11H2,1-2H3. The fraction of sp³-hybridized carbons (Fsp3) is 0.600. The third kappa shape index (κ3) is 5.21. The van der Waals surface area contributed by atoms with Crippen LogP contribution >= 0.6 is 12.6 Å². The van der Waals surface area contributed by atoms with Crippen LogP contribution in [-0.2, 0) is 6.42 Å². The van der Waals surface area contributed by atoms with Gasteiger partial charge in [-0.25, -0.2) is 0 Å². The van der Waals surface area contributed by atoms with Gasteiger partial charge in [0.15, 0.2) is 11.5 Å². The van der Waals surface area contributed by atoms with Crippen molar-refractivity contribution in [3.05, 3.63) is 23.8 Å². The van der Waals surface area contributed by atoms with Gasteiger partial charge in [-0.2, -0.15) is 12.6 Å². The number of ether oxygens (including phenoxy) is 2. The van der Waals surface area contributed by atoms with Crippen molar-refractivity contribution in [3.63, 3.8) is 0 Å². The summed E-state index contributed by atoms with van der Waals surface area (Å²) < 4.78 is 11.5. The van der Waals surface area contributed by atoms with Crippen molar-refractivity contribution in [2.75, 3.05) is 19.0 Å². The molecule has 2 nitrogen and oxygen atoms in total. The van der Waals surface area contributed by atoms with Crippen LogP contribution < -0.4 is 9.47 Å². The Morgan fingerprint density at radius 3 is 2.28 bits per heavy atom. The van der Waals surface area contributed by atoms with Crippen LogP contribution in [0.5, 0.6) is 11.5 Å². The van der Waals surface area contributed by atoms with E-state index in [-0.39, 0.29) is 0 Å². The number of hydrogen-bond donors (Lipinski definition) is 1. The molecule has 0 saturated heterocycles. The summed E-state index contributed by atoms with van der Waals surface area (Å²) in [5, 5.41) is 0. The summed E-state index contributed by atoms with van der Waals surface area (Å²) in [5.41, 5.74) is 1.29. The van der Waals surface area contributed by atoms with Crippen LogP contribution in [0.3, 0.4) is 0 Å². The topological polar surface area (TPSA) is 18.5 Å². The van der Waals surface area contributed by atoms with Crippen LogP contribution in [-0.4, -0.2) is 19.0 Å². The highest BCUT2D eigenvalue weighted by atomic mass is 32.1. The lowest BCUT2D eigenvalue weighted by Gasteiger charge is -2.13. The van der Waals surface area contributed by atoms with Gasteiger partial charge in [-0.15, -0.1) is 0 Å². The Kier molecular flexibility index (Phi) is 7.74. The van der Waals surface area contributed by atoms with Gasteiger partial charge in [0.2, 0.25) is 0 Å². The maximum atomic E-state index is 5.76. The molecular formula is C15H24O2S. The van der Waals surface area contributed by atoms with E-state index in [1.54, 1.807) is 0 Å². The number of hydrogen-bond acceptors (Lipinski definition) is 3. The highest BCUT2D eigenvalue weighted by molar-refractivity contribution is 7.80. The second kappa shape index (κ2) is 9.15. The average molecular weight is 268 g/mol. The van der Waals surface area contributed by atoms with Crippen molar-refractivity contribution >= 4 is 12.6 Å². The Bertz CT molecular complexity index is 339. The van der Waals surface area contributed by atoms with Crippen molar-refractivity contribution in [2.24, 2.45) is 0 Å². The molecule has 0 radical (unpaired) electrons. The van der Waals surface area contributed by atoms with Crippen LogP contribution in [0, 0.1) is 0 Å². The first-order valence-corrected chi connectivity index (χ1v) is 7.44. The first-order valence-electron chi connectivity index (χ1n) is 6.81. The van der Waals surface area contributed by atoms with Crippen LogP contribution in [0.4, 0.5) is 0 Å². The molecule has 1 aromatic rings. The summed E-state index contributed by atoms with van der Waals surface area (Å²) in [5.74, 6) is 2.65. The van der Waals surface area contributed by atoms with Gasteiger partial charge in [0.1, 0.15) is 0 Å². The molecular weight excluding hydrogens is 244 g/mol. The third-order valence-corrected chi connectivity index (χ3v) is 2.87. The van der Waals surface area contributed by atoms with E-state index >= 15 is 0 Å². The fourth-order valence-corrected chi connectivity index (χ4v) is 1.81. The van der Waals surface area contributed by atoms with E-state index in [1.165, 1.54) is 5.56 Å². The fourth-order valence-electron chi connectivity index (χ4n) is 1.65. The third-order valence-electron chi connectivity index (χ3n) is 2.56. The molecule has 0 unspecified atom stereocenters. The largest absolute Gasteiger partial charge is 0.490 e. The van der Waals surface area contributed by atoms with Gasteiger partial charge in [-0.3, -0.25) is 0 Å². The summed E-state index contributed by atoms with van der Waals surface area (Å²) in [6.45, 7) is 5.68. The molecule has 0 amide bonds. The Balaban J connectivity index is 2.74. The van der Waals surface area contributed by atoms with Crippen LogP contribution in [0.1, 0.15) is 38.7 Å². The van der Waals surface area contributed by atoms with E-state index in [2.05, 4.69) is 38.6 Å². The predicted molar refractivity (Wildman–Crippen MR) is 80.2 cm³/mol. The zero-order valence-electron chi connectivity index (χ0n) is 11.4. The molecule has 0 N–H and O–H groups in total. The van der Waals surface area contributed by atoms with Crippen molar-refractivity contribution in [3.8, 4) is 11.5 Å². The highest BCUT2D eigenvalue weighted by Crippen LogP contribution is 2.29. The highest BCUT2D eigenvalue weighted by Gasteiger charge is 2.06. The molecule has 102 valence electrons. The Morgan fingerprint density at radius 2 is 1.67 bits per heavy atom. The van der Waals surface area contributed by atoms with Crippen LogP contribution in [0.2, 0.25) is 0 Å². The molecule has 0 spiro atoms. The first kappa shape index (κ1) is 15.2. The number of benzene rings is 1. The van der Waals surface area contributed by atoms with E-state index in [9.17, 15) is 0 Å². The average Bonchev–Trinajstić information content (AvgIpc) is 2.41. The van der Waals surface area contributed by atoms with Crippen molar-refractivity contribution in [1.82, 2.24) is 0 Å². The minimum atomic E-state index is 0.735. The molecule has 0 aliphatic carbocycles. The Labute approximate surface area is 116 Å². The van der Waals surface area contributed by atoms with E-state index < -0.39 is 0 Å². The lowest BCUT2D eigenvalue weighted by atomic mass is 10.1. The zero-order valence-corrected chi connectivity index (χ0v) is 12.3. The molecule has 0 atom stereocenters. The zero-order chi connectivity index (χ0) is 13.2. The van der Waals surface area contributed by atoms with Crippen LogP contribution in [0.25, 0.3) is 0 Å². The van der Waals surface area contributed by atoms with Crippen molar-refractivity contribution < 1.29 is 9.47 Å². The molecule has 0 fully saturated rings. The summed E-state index contributed by atoms with van der Waals surface area (Å²) in [6.07, 6.45) is 4.15. The van der Waals surface area contributed by atoms with Crippen LogP contribution in [0.15, 0.2) is 18.2 Å². The number of thiol groups is 1.